The van der Waals surface area contributed by atoms with Gasteiger partial charge in [0.15, 0.2) is 0 Å². The Morgan fingerprint density at radius 1 is 1.07 bits per heavy atom. The van der Waals surface area contributed by atoms with Gasteiger partial charge in [0.05, 0.1) is 19.7 Å². The fourth-order valence-corrected chi connectivity index (χ4v) is 4.16. The number of carbonyl (C=O) groups is 1. The Morgan fingerprint density at radius 3 is 2.48 bits per heavy atom. The van der Waals surface area contributed by atoms with Crippen molar-refractivity contribution in [1.29, 1.82) is 0 Å². The highest BCUT2D eigenvalue weighted by Crippen LogP contribution is 2.44. The number of fused-ring (bicyclic) bond motifs is 1. The summed E-state index contributed by atoms with van der Waals surface area (Å²) in [5.41, 5.74) is 4.10. The van der Waals surface area contributed by atoms with E-state index < -0.39 is 0 Å². The minimum Gasteiger partial charge on any atom is -0.508 e. The molecule has 2 N–H and O–H groups in total. The molecule has 0 aliphatic carbocycles. The van der Waals surface area contributed by atoms with Gasteiger partial charge in [-0.25, -0.2) is 0 Å². The van der Waals surface area contributed by atoms with E-state index in [4.69, 9.17) is 4.74 Å². The van der Waals surface area contributed by atoms with Crippen LogP contribution in [0.5, 0.6) is 5.75 Å². The molecule has 3 aromatic rings. The molecule has 0 radical (unpaired) electrons. The maximum Gasteiger partial charge on any atom is 0.319 e. The largest absolute Gasteiger partial charge is 0.508 e. The number of hydrogen-bond donors (Lipinski definition) is 2. The van der Waals surface area contributed by atoms with Gasteiger partial charge in [0.25, 0.3) is 0 Å². The summed E-state index contributed by atoms with van der Waals surface area (Å²) < 4.78 is 5.97. The molecule has 2 atom stereocenters. The van der Waals surface area contributed by atoms with Gasteiger partial charge in [-0.3, -0.25) is 9.69 Å². The fraction of sp³-hybridized carbons (Fsp3) is 0.174. The van der Waals surface area contributed by atoms with E-state index in [0.29, 0.717) is 0 Å². The van der Waals surface area contributed by atoms with Crippen molar-refractivity contribution in [3.63, 3.8) is 0 Å². The number of phenolic OH excluding ortho intramolecular Hbond substituents is 1. The van der Waals surface area contributed by atoms with Gasteiger partial charge in [-0.2, -0.15) is 0 Å². The maximum atomic E-state index is 12.3. The Hall–Kier alpha value is -2.83. The number of nitrogens with zero attached hydrogens (tertiary/aromatic N) is 1. The van der Waals surface area contributed by atoms with Crippen molar-refractivity contribution in [3.8, 4) is 5.75 Å². The molecule has 4 rings (SSSR count). The molecule has 0 bridgehead atoms. The van der Waals surface area contributed by atoms with Crippen LogP contribution >= 0.6 is 15.9 Å². The Labute approximate surface area is 178 Å². The average Bonchev–Trinajstić information content (AvgIpc) is 2.74. The van der Waals surface area contributed by atoms with Crippen LogP contribution in [0.25, 0.3) is 0 Å². The Kier molecular flexibility index (Phi) is 5.56. The summed E-state index contributed by atoms with van der Waals surface area (Å²) in [6.45, 7) is 0.112. The number of nitrogens with one attached hydrogen (secondary N) is 1. The minimum atomic E-state index is -0.310. The van der Waals surface area contributed by atoms with Crippen LogP contribution in [-0.2, 0) is 9.53 Å². The molecule has 0 unspecified atom stereocenters. The number of carbonyl (C=O) groups excluding carboxylic acids is 1. The van der Waals surface area contributed by atoms with Gasteiger partial charge < -0.3 is 15.2 Å². The highest BCUT2D eigenvalue weighted by molar-refractivity contribution is 9.10. The molecule has 0 saturated heterocycles. The smallest absolute Gasteiger partial charge is 0.319 e. The van der Waals surface area contributed by atoms with Crippen molar-refractivity contribution in [2.75, 3.05) is 19.0 Å². The molecule has 0 amide bonds. The summed E-state index contributed by atoms with van der Waals surface area (Å²) in [6.07, 6.45) is -0.270. The van der Waals surface area contributed by atoms with Crippen LogP contribution in [0.2, 0.25) is 0 Å². The van der Waals surface area contributed by atoms with Crippen LogP contribution in [0, 0.1) is 0 Å². The standard InChI is InChI=1S/C23H21BrN2O3/c1-29-21(28)14-26-22(15-5-3-2-4-6-15)19-13-17(24)9-12-20(19)25-23(26)16-7-10-18(27)11-8-16/h2-13,22-23,25,27H,14H2,1H3/t22-,23-/m1/s1. The molecule has 5 nitrogen and oxygen atoms in total. The lowest BCUT2D eigenvalue weighted by atomic mass is 9.91. The molecule has 1 heterocycles. The van der Waals surface area contributed by atoms with Crippen LogP contribution in [-0.4, -0.2) is 29.6 Å². The van der Waals surface area contributed by atoms with Gasteiger partial charge in [0.2, 0.25) is 0 Å². The Bertz CT molecular complexity index is 1010. The maximum absolute atomic E-state index is 12.3. The van der Waals surface area contributed by atoms with Crippen LogP contribution in [0.3, 0.4) is 0 Å². The predicted octanol–water partition coefficient (Wildman–Crippen LogP) is 4.84. The number of methoxy groups -OCH3 is 1. The number of hydrogen-bond acceptors (Lipinski definition) is 5. The molecular weight excluding hydrogens is 432 g/mol. The van der Waals surface area contributed by atoms with Crippen LogP contribution < -0.4 is 5.32 Å². The monoisotopic (exact) mass is 452 g/mol. The molecule has 6 heteroatoms. The second-order valence-electron chi connectivity index (χ2n) is 6.93. The van der Waals surface area contributed by atoms with Crippen molar-refractivity contribution in [1.82, 2.24) is 4.90 Å². The van der Waals surface area contributed by atoms with E-state index in [-0.39, 0.29) is 30.5 Å². The van der Waals surface area contributed by atoms with Gasteiger partial charge >= 0.3 is 5.97 Å². The summed E-state index contributed by atoms with van der Waals surface area (Å²) in [7, 11) is 1.40. The first-order chi connectivity index (χ1) is 14.1. The molecule has 0 spiro atoms. The minimum absolute atomic E-state index is 0.112. The first-order valence-electron chi connectivity index (χ1n) is 9.29. The zero-order valence-corrected chi connectivity index (χ0v) is 17.5. The van der Waals surface area contributed by atoms with Crippen LogP contribution in [0.1, 0.15) is 28.9 Å². The third kappa shape index (κ3) is 3.99. The molecular formula is C23H21BrN2O3. The van der Waals surface area contributed by atoms with Gasteiger partial charge in [0, 0.05) is 10.2 Å². The zero-order valence-electron chi connectivity index (χ0n) is 15.9. The van der Waals surface area contributed by atoms with Gasteiger partial charge in [-0.1, -0.05) is 58.4 Å². The van der Waals surface area contributed by atoms with Crippen molar-refractivity contribution in [3.05, 3.63) is 94.0 Å². The lowest BCUT2D eigenvalue weighted by molar-refractivity contribution is -0.143. The number of anilines is 1. The zero-order chi connectivity index (χ0) is 20.4. The van der Waals surface area contributed by atoms with Crippen LogP contribution in [0.4, 0.5) is 5.69 Å². The summed E-state index contributed by atoms with van der Waals surface area (Å²) >= 11 is 3.58. The lowest BCUT2D eigenvalue weighted by Crippen LogP contribution is -2.44. The van der Waals surface area contributed by atoms with Crippen molar-refractivity contribution in [2.45, 2.75) is 12.2 Å². The van der Waals surface area contributed by atoms with E-state index in [1.165, 1.54) is 7.11 Å². The number of rotatable bonds is 4. The number of esters is 1. The Morgan fingerprint density at radius 2 is 1.79 bits per heavy atom. The molecule has 0 aromatic heterocycles. The summed E-state index contributed by atoms with van der Waals surface area (Å²) in [6, 6.07) is 23.1. The summed E-state index contributed by atoms with van der Waals surface area (Å²) in [5, 5.41) is 13.3. The normalized spacial score (nSPS) is 18.6. The van der Waals surface area contributed by atoms with Gasteiger partial charge in [0.1, 0.15) is 11.9 Å². The third-order valence-corrected chi connectivity index (χ3v) is 5.62. The number of halogens is 1. The molecule has 3 aromatic carbocycles. The van der Waals surface area contributed by atoms with Crippen molar-refractivity contribution < 1.29 is 14.6 Å². The quantitative estimate of drug-likeness (QED) is 0.554. The first-order valence-corrected chi connectivity index (χ1v) is 10.1. The summed E-state index contributed by atoms with van der Waals surface area (Å²) in [4.78, 5) is 14.4. The second kappa shape index (κ2) is 8.27. The van der Waals surface area contributed by atoms with E-state index in [0.717, 1.165) is 26.9 Å². The average molecular weight is 453 g/mol. The van der Waals surface area contributed by atoms with E-state index in [2.05, 4.69) is 44.3 Å². The Balaban J connectivity index is 1.88. The predicted molar refractivity (Wildman–Crippen MR) is 116 cm³/mol. The molecule has 1 aliphatic heterocycles. The van der Waals surface area contributed by atoms with E-state index in [1.807, 2.05) is 42.5 Å². The molecule has 29 heavy (non-hydrogen) atoms. The van der Waals surface area contributed by atoms with Gasteiger partial charge in [-0.15, -0.1) is 0 Å². The number of aromatic hydroxyl groups is 1. The van der Waals surface area contributed by atoms with Gasteiger partial charge in [-0.05, 0) is 47.0 Å². The molecule has 0 saturated carbocycles. The number of ether oxygens (including phenoxy) is 1. The summed E-state index contributed by atoms with van der Waals surface area (Å²) in [5.74, 6) is -0.108. The number of phenols is 1. The van der Waals surface area contributed by atoms with Crippen molar-refractivity contribution >= 4 is 27.6 Å². The van der Waals surface area contributed by atoms with Crippen molar-refractivity contribution in [2.24, 2.45) is 0 Å². The van der Waals surface area contributed by atoms with Crippen LogP contribution in [0.15, 0.2) is 77.3 Å². The molecule has 1 aliphatic rings. The fourth-order valence-electron chi connectivity index (χ4n) is 3.78. The number of benzene rings is 3. The molecule has 148 valence electrons. The topological polar surface area (TPSA) is 61.8 Å². The lowest BCUT2D eigenvalue weighted by Gasteiger charge is -2.44. The third-order valence-electron chi connectivity index (χ3n) is 5.13. The SMILES string of the molecule is COC(=O)CN1[C@H](c2ccccc2)c2cc(Br)ccc2N[C@H]1c1ccc(O)cc1. The highest BCUT2D eigenvalue weighted by Gasteiger charge is 2.37. The second-order valence-corrected chi connectivity index (χ2v) is 7.85. The molecule has 0 fully saturated rings. The van der Waals surface area contributed by atoms with E-state index >= 15 is 0 Å². The first kappa shape index (κ1) is 19.5. The van der Waals surface area contributed by atoms with E-state index in [9.17, 15) is 9.90 Å². The highest BCUT2D eigenvalue weighted by atomic mass is 79.9. The van der Waals surface area contributed by atoms with E-state index in [1.54, 1.807) is 12.1 Å².